The lowest BCUT2D eigenvalue weighted by Crippen LogP contribution is -2.39. The molecule has 1 saturated heterocycles. The topological polar surface area (TPSA) is 89.2 Å². The molecule has 0 bridgehead atoms. The number of rotatable bonds is 8. The number of primary amides is 1. The number of halogens is 1. The van der Waals surface area contributed by atoms with E-state index in [0.29, 0.717) is 12.3 Å². The van der Waals surface area contributed by atoms with Crippen molar-refractivity contribution in [2.45, 2.75) is 25.8 Å². The van der Waals surface area contributed by atoms with Crippen LogP contribution in [-0.2, 0) is 16.1 Å². The van der Waals surface area contributed by atoms with Gasteiger partial charge in [0.25, 0.3) is 5.91 Å². The summed E-state index contributed by atoms with van der Waals surface area (Å²) in [4.78, 5) is 17.3. The van der Waals surface area contributed by atoms with Crippen LogP contribution in [0.1, 0.15) is 24.8 Å². The van der Waals surface area contributed by atoms with E-state index >= 15 is 0 Å². The molecular formula is C19H31IN4O3. The second-order valence-corrected chi connectivity index (χ2v) is 6.57. The van der Waals surface area contributed by atoms with Gasteiger partial charge in [-0.15, -0.1) is 24.0 Å². The Balaban J connectivity index is 0.00000364. The zero-order valence-electron chi connectivity index (χ0n) is 16.1. The van der Waals surface area contributed by atoms with E-state index in [1.54, 1.807) is 13.1 Å². The van der Waals surface area contributed by atoms with Crippen LogP contribution in [0.2, 0.25) is 0 Å². The first-order valence-corrected chi connectivity index (χ1v) is 9.08. The highest BCUT2D eigenvalue weighted by molar-refractivity contribution is 14.0. The lowest BCUT2D eigenvalue weighted by molar-refractivity contribution is -0.119. The number of nitrogens with zero attached hydrogens (tertiary/aromatic N) is 2. The highest BCUT2D eigenvalue weighted by Crippen LogP contribution is 2.18. The summed E-state index contributed by atoms with van der Waals surface area (Å²) in [6.07, 6.45) is 3.45. The molecule has 27 heavy (non-hydrogen) atoms. The van der Waals surface area contributed by atoms with Gasteiger partial charge in [0.05, 0.1) is 0 Å². The molecule has 1 aromatic carbocycles. The summed E-state index contributed by atoms with van der Waals surface area (Å²) in [5.74, 6) is 1.75. The first-order valence-electron chi connectivity index (χ1n) is 9.08. The number of nitrogens with two attached hydrogens (primary N) is 1. The molecule has 1 heterocycles. The van der Waals surface area contributed by atoms with Crippen molar-refractivity contribution >= 4 is 35.8 Å². The van der Waals surface area contributed by atoms with Crippen LogP contribution in [0.25, 0.3) is 0 Å². The first-order chi connectivity index (χ1) is 12.6. The Morgan fingerprint density at radius 2 is 2.15 bits per heavy atom. The van der Waals surface area contributed by atoms with E-state index in [-0.39, 0.29) is 30.6 Å². The normalized spacial score (nSPS) is 15.0. The van der Waals surface area contributed by atoms with Gasteiger partial charge in [-0.05, 0) is 42.9 Å². The largest absolute Gasteiger partial charge is 0.484 e. The molecule has 2 rings (SSSR count). The summed E-state index contributed by atoms with van der Waals surface area (Å²) in [6.45, 7) is 3.24. The monoisotopic (exact) mass is 490 g/mol. The molecule has 152 valence electrons. The average molecular weight is 490 g/mol. The molecule has 8 heteroatoms. The van der Waals surface area contributed by atoms with Crippen LogP contribution in [0.4, 0.5) is 0 Å². The molecule has 0 saturated carbocycles. The fourth-order valence-corrected chi connectivity index (χ4v) is 2.98. The minimum atomic E-state index is -0.486. The molecule has 1 aliphatic rings. The maximum absolute atomic E-state index is 10.8. The van der Waals surface area contributed by atoms with Crippen LogP contribution in [-0.4, -0.2) is 57.2 Å². The van der Waals surface area contributed by atoms with Gasteiger partial charge in [-0.1, -0.05) is 12.1 Å². The molecule has 0 unspecified atom stereocenters. The fraction of sp³-hybridized carbons (Fsp3) is 0.579. The number of hydrogen-bond acceptors (Lipinski definition) is 4. The van der Waals surface area contributed by atoms with Gasteiger partial charge in [0.1, 0.15) is 5.75 Å². The molecule has 0 aliphatic carbocycles. The predicted octanol–water partition coefficient (Wildman–Crippen LogP) is 1.99. The Morgan fingerprint density at radius 1 is 1.41 bits per heavy atom. The van der Waals surface area contributed by atoms with Crippen LogP contribution < -0.4 is 15.8 Å². The van der Waals surface area contributed by atoms with Crippen molar-refractivity contribution in [1.82, 2.24) is 10.2 Å². The van der Waals surface area contributed by atoms with Gasteiger partial charge in [-0.25, -0.2) is 0 Å². The molecular weight excluding hydrogens is 459 g/mol. The number of benzene rings is 1. The maximum Gasteiger partial charge on any atom is 0.255 e. The molecule has 1 amide bonds. The van der Waals surface area contributed by atoms with E-state index in [9.17, 15) is 4.79 Å². The number of guanidine groups is 1. The lowest BCUT2D eigenvalue weighted by atomic mass is 9.96. The summed E-state index contributed by atoms with van der Waals surface area (Å²) in [5, 5.41) is 3.37. The Labute approximate surface area is 178 Å². The minimum Gasteiger partial charge on any atom is -0.484 e. The van der Waals surface area contributed by atoms with Gasteiger partial charge < -0.3 is 25.4 Å². The Morgan fingerprint density at radius 3 is 2.81 bits per heavy atom. The number of aliphatic imine (C=N–C) groups is 1. The summed E-state index contributed by atoms with van der Waals surface area (Å²) >= 11 is 0. The van der Waals surface area contributed by atoms with Crippen molar-refractivity contribution in [3.8, 4) is 5.75 Å². The van der Waals surface area contributed by atoms with Crippen molar-refractivity contribution < 1.29 is 14.3 Å². The molecule has 1 fully saturated rings. The Hall–Kier alpha value is -1.55. The standard InChI is InChI=1S/C19H30N4O3.HI/c1-21-19(23(2)9-6-15-7-10-25-11-8-15)22-13-16-4-3-5-17(12-16)26-14-18(20)24;/h3-5,12,15H,6-11,13-14H2,1-2H3,(H2,20,24)(H,21,22);1H. The average Bonchev–Trinajstić information content (AvgIpc) is 2.66. The Bertz CT molecular complexity index is 606. The van der Waals surface area contributed by atoms with Gasteiger partial charge >= 0.3 is 0 Å². The van der Waals surface area contributed by atoms with Crippen molar-refractivity contribution in [2.24, 2.45) is 16.6 Å². The van der Waals surface area contributed by atoms with Crippen molar-refractivity contribution in [3.05, 3.63) is 29.8 Å². The molecule has 7 nitrogen and oxygen atoms in total. The quantitative estimate of drug-likeness (QED) is 0.331. The minimum absolute atomic E-state index is 0. The molecule has 0 aromatic heterocycles. The van der Waals surface area contributed by atoms with E-state index in [2.05, 4.69) is 22.3 Å². The van der Waals surface area contributed by atoms with Crippen LogP contribution in [0.15, 0.2) is 29.3 Å². The number of carbonyl (C=O) groups is 1. The number of hydrogen-bond donors (Lipinski definition) is 2. The van der Waals surface area contributed by atoms with Crippen molar-refractivity contribution in [1.29, 1.82) is 0 Å². The molecule has 0 radical (unpaired) electrons. The van der Waals surface area contributed by atoms with Crippen LogP contribution in [0.5, 0.6) is 5.75 Å². The number of ether oxygens (including phenoxy) is 2. The highest BCUT2D eigenvalue weighted by Gasteiger charge is 2.15. The van der Waals surface area contributed by atoms with Gasteiger partial charge in [0.2, 0.25) is 0 Å². The van der Waals surface area contributed by atoms with Crippen LogP contribution in [0, 0.1) is 5.92 Å². The van der Waals surface area contributed by atoms with Gasteiger partial charge in [-0.3, -0.25) is 9.79 Å². The second-order valence-electron chi connectivity index (χ2n) is 6.57. The third kappa shape index (κ3) is 8.79. The van der Waals surface area contributed by atoms with E-state index in [1.807, 2.05) is 18.2 Å². The SMILES string of the molecule is CN=C(NCc1cccc(OCC(N)=O)c1)N(C)CCC1CCOCC1.I. The lowest BCUT2D eigenvalue weighted by Gasteiger charge is -2.26. The molecule has 0 spiro atoms. The zero-order valence-corrected chi connectivity index (χ0v) is 18.5. The molecule has 1 aromatic rings. The summed E-state index contributed by atoms with van der Waals surface area (Å²) < 4.78 is 10.8. The highest BCUT2D eigenvalue weighted by atomic mass is 127. The summed E-state index contributed by atoms with van der Waals surface area (Å²) in [6, 6.07) is 7.59. The number of amides is 1. The van der Waals surface area contributed by atoms with Crippen molar-refractivity contribution in [2.75, 3.05) is 40.5 Å². The first kappa shape index (κ1) is 23.5. The second kappa shape index (κ2) is 12.8. The maximum atomic E-state index is 10.8. The van der Waals surface area contributed by atoms with E-state index in [1.165, 1.54) is 0 Å². The van der Waals surface area contributed by atoms with E-state index in [0.717, 1.165) is 56.5 Å². The Kier molecular flexibility index (Phi) is 11.1. The fourth-order valence-electron chi connectivity index (χ4n) is 2.98. The number of carbonyl (C=O) groups excluding carboxylic acids is 1. The van der Waals surface area contributed by atoms with E-state index < -0.39 is 5.91 Å². The van der Waals surface area contributed by atoms with Crippen LogP contribution in [0.3, 0.4) is 0 Å². The smallest absolute Gasteiger partial charge is 0.255 e. The van der Waals surface area contributed by atoms with Gasteiger partial charge in [0, 0.05) is 40.4 Å². The third-order valence-corrected chi connectivity index (χ3v) is 4.52. The summed E-state index contributed by atoms with van der Waals surface area (Å²) in [7, 11) is 3.85. The summed E-state index contributed by atoms with van der Waals surface area (Å²) in [5.41, 5.74) is 6.15. The molecule has 1 aliphatic heterocycles. The van der Waals surface area contributed by atoms with E-state index in [4.69, 9.17) is 15.2 Å². The predicted molar refractivity (Wildman–Crippen MR) is 118 cm³/mol. The van der Waals surface area contributed by atoms with Gasteiger partial charge in [-0.2, -0.15) is 0 Å². The third-order valence-electron chi connectivity index (χ3n) is 4.52. The van der Waals surface area contributed by atoms with Crippen molar-refractivity contribution in [3.63, 3.8) is 0 Å². The van der Waals surface area contributed by atoms with Crippen LogP contribution >= 0.6 is 24.0 Å². The number of nitrogens with one attached hydrogen (secondary N) is 1. The molecule has 3 N–H and O–H groups in total. The molecule has 0 atom stereocenters. The van der Waals surface area contributed by atoms with Gasteiger partial charge in [0.15, 0.2) is 12.6 Å². The zero-order chi connectivity index (χ0) is 18.8.